The van der Waals surface area contributed by atoms with E-state index in [-0.39, 0.29) is 29.8 Å². The summed E-state index contributed by atoms with van der Waals surface area (Å²) in [5.74, 6) is -0.457. The van der Waals surface area contributed by atoms with E-state index in [4.69, 9.17) is 0 Å². The number of likely N-dealkylation sites (tertiary alicyclic amines) is 1. The highest BCUT2D eigenvalue weighted by Gasteiger charge is 2.27. The molecule has 6 nitrogen and oxygen atoms in total. The van der Waals surface area contributed by atoms with Gasteiger partial charge in [0.05, 0.1) is 0 Å². The average molecular weight is 336 g/mol. The maximum atomic E-state index is 12.8. The number of carbonyl (C=O) groups is 2. The first kappa shape index (κ1) is 18.2. The van der Waals surface area contributed by atoms with Crippen LogP contribution in [-0.4, -0.2) is 48.6 Å². The Hall–Kier alpha value is -2.15. The minimum atomic E-state index is -0.332. The first-order valence-corrected chi connectivity index (χ1v) is 8.32. The fourth-order valence-electron chi connectivity index (χ4n) is 2.83. The molecule has 0 spiro atoms. The minimum absolute atomic E-state index is 0.00960. The third-order valence-electron chi connectivity index (χ3n) is 3.94. The molecule has 1 fully saturated rings. The van der Waals surface area contributed by atoms with Gasteiger partial charge >= 0.3 is 6.03 Å². The number of carbonyl (C=O) groups excluding carboxylic acids is 2. The van der Waals surface area contributed by atoms with Crippen LogP contribution in [0.15, 0.2) is 24.3 Å². The molecule has 0 aromatic heterocycles. The number of rotatable bonds is 6. The van der Waals surface area contributed by atoms with Crippen LogP contribution in [0.1, 0.15) is 26.7 Å². The molecule has 1 saturated heterocycles. The van der Waals surface area contributed by atoms with Gasteiger partial charge in [-0.05, 0) is 44.5 Å². The zero-order chi connectivity index (χ0) is 17.5. The standard InChI is InChI=1S/C17H25FN4O2/c1-3-19-17(24)22-9-8-15(11-22)20-12(2)10-16(23)21-14-6-4-13(18)5-7-14/h4-7,12,15,20H,3,8-11H2,1-2H3,(H,19,24)(H,21,23)/t12-,15-/m0/s1. The maximum Gasteiger partial charge on any atom is 0.317 e. The highest BCUT2D eigenvalue weighted by molar-refractivity contribution is 5.91. The van der Waals surface area contributed by atoms with Crippen molar-refractivity contribution < 1.29 is 14.0 Å². The number of benzene rings is 1. The monoisotopic (exact) mass is 336 g/mol. The van der Waals surface area contributed by atoms with E-state index in [1.54, 1.807) is 4.90 Å². The molecule has 132 valence electrons. The van der Waals surface area contributed by atoms with Crippen LogP contribution in [0.25, 0.3) is 0 Å². The van der Waals surface area contributed by atoms with Gasteiger partial charge in [-0.3, -0.25) is 4.79 Å². The molecular weight excluding hydrogens is 311 g/mol. The van der Waals surface area contributed by atoms with Crippen molar-refractivity contribution in [1.82, 2.24) is 15.5 Å². The summed E-state index contributed by atoms with van der Waals surface area (Å²) < 4.78 is 12.8. The smallest absolute Gasteiger partial charge is 0.317 e. The number of nitrogens with zero attached hydrogens (tertiary/aromatic N) is 1. The number of nitrogens with one attached hydrogen (secondary N) is 3. The van der Waals surface area contributed by atoms with Gasteiger partial charge in [0, 0.05) is 43.8 Å². The van der Waals surface area contributed by atoms with Gasteiger partial charge < -0.3 is 20.9 Å². The fourth-order valence-corrected chi connectivity index (χ4v) is 2.83. The highest BCUT2D eigenvalue weighted by atomic mass is 19.1. The van der Waals surface area contributed by atoms with Gasteiger partial charge in [0.25, 0.3) is 0 Å². The molecule has 0 aliphatic carbocycles. The zero-order valence-corrected chi connectivity index (χ0v) is 14.1. The van der Waals surface area contributed by atoms with E-state index in [9.17, 15) is 14.0 Å². The summed E-state index contributed by atoms with van der Waals surface area (Å²) in [4.78, 5) is 25.6. The molecule has 2 atom stereocenters. The molecule has 0 bridgehead atoms. The van der Waals surface area contributed by atoms with Gasteiger partial charge in [-0.1, -0.05) is 0 Å². The number of anilines is 1. The molecule has 3 amide bonds. The Bertz CT molecular complexity index is 564. The first-order chi connectivity index (χ1) is 11.5. The quantitative estimate of drug-likeness (QED) is 0.743. The molecule has 1 aliphatic rings. The number of hydrogen-bond acceptors (Lipinski definition) is 3. The number of amides is 3. The van der Waals surface area contributed by atoms with Crippen LogP contribution in [0, 0.1) is 5.82 Å². The molecule has 0 saturated carbocycles. The number of hydrogen-bond donors (Lipinski definition) is 3. The van der Waals surface area contributed by atoms with Crippen molar-refractivity contribution in [2.24, 2.45) is 0 Å². The van der Waals surface area contributed by atoms with Crippen molar-refractivity contribution in [3.63, 3.8) is 0 Å². The molecule has 1 aromatic rings. The van der Waals surface area contributed by atoms with E-state index in [1.165, 1.54) is 24.3 Å². The van der Waals surface area contributed by atoms with Crippen molar-refractivity contribution in [2.75, 3.05) is 25.0 Å². The molecule has 24 heavy (non-hydrogen) atoms. The summed E-state index contributed by atoms with van der Waals surface area (Å²) in [7, 11) is 0. The van der Waals surface area contributed by atoms with Crippen LogP contribution in [0.2, 0.25) is 0 Å². The van der Waals surface area contributed by atoms with E-state index in [2.05, 4.69) is 16.0 Å². The first-order valence-electron chi connectivity index (χ1n) is 8.32. The van der Waals surface area contributed by atoms with Gasteiger partial charge in [0.1, 0.15) is 5.82 Å². The number of urea groups is 1. The largest absolute Gasteiger partial charge is 0.338 e. The van der Waals surface area contributed by atoms with Gasteiger partial charge in [-0.15, -0.1) is 0 Å². The van der Waals surface area contributed by atoms with E-state index >= 15 is 0 Å². The Labute approximate surface area is 141 Å². The summed E-state index contributed by atoms with van der Waals surface area (Å²) in [6.45, 7) is 5.83. The Balaban J connectivity index is 1.73. The summed E-state index contributed by atoms with van der Waals surface area (Å²) in [6.07, 6.45) is 1.19. The molecule has 1 aliphatic heterocycles. The van der Waals surface area contributed by atoms with Crippen LogP contribution >= 0.6 is 0 Å². The Morgan fingerprint density at radius 2 is 2.04 bits per heavy atom. The third-order valence-corrected chi connectivity index (χ3v) is 3.94. The van der Waals surface area contributed by atoms with E-state index in [0.29, 0.717) is 25.2 Å². The molecule has 1 heterocycles. The van der Waals surface area contributed by atoms with Crippen LogP contribution < -0.4 is 16.0 Å². The second-order valence-electron chi connectivity index (χ2n) is 6.09. The summed E-state index contributed by atoms with van der Waals surface area (Å²) >= 11 is 0. The fraction of sp³-hybridized carbons (Fsp3) is 0.529. The second kappa shape index (κ2) is 8.63. The van der Waals surface area contributed by atoms with Gasteiger partial charge in [-0.25, -0.2) is 9.18 Å². The van der Waals surface area contributed by atoms with Crippen molar-refractivity contribution in [2.45, 2.75) is 38.8 Å². The molecule has 7 heteroatoms. The topological polar surface area (TPSA) is 73.5 Å². The van der Waals surface area contributed by atoms with Crippen molar-refractivity contribution in [3.8, 4) is 0 Å². The third kappa shape index (κ3) is 5.49. The van der Waals surface area contributed by atoms with Gasteiger partial charge in [-0.2, -0.15) is 0 Å². The van der Waals surface area contributed by atoms with E-state index < -0.39 is 0 Å². The normalized spacial score (nSPS) is 18.3. The maximum absolute atomic E-state index is 12.8. The molecule has 0 radical (unpaired) electrons. The lowest BCUT2D eigenvalue weighted by Gasteiger charge is -2.20. The molecule has 1 aromatic carbocycles. The lowest BCUT2D eigenvalue weighted by molar-refractivity contribution is -0.116. The zero-order valence-electron chi connectivity index (χ0n) is 14.1. The Morgan fingerprint density at radius 1 is 1.33 bits per heavy atom. The van der Waals surface area contributed by atoms with Crippen LogP contribution in [0.4, 0.5) is 14.9 Å². The SMILES string of the molecule is CCNC(=O)N1CC[C@H](N[C@@H](C)CC(=O)Nc2ccc(F)cc2)C1. The van der Waals surface area contributed by atoms with Crippen molar-refractivity contribution in [3.05, 3.63) is 30.1 Å². The summed E-state index contributed by atoms with van der Waals surface area (Å²) in [6, 6.07) is 5.84. The van der Waals surface area contributed by atoms with E-state index in [0.717, 1.165) is 13.0 Å². The van der Waals surface area contributed by atoms with Gasteiger partial charge in [0.15, 0.2) is 0 Å². The predicted molar refractivity (Wildman–Crippen MR) is 91.3 cm³/mol. The predicted octanol–water partition coefficient (Wildman–Crippen LogP) is 1.94. The molecular formula is C17H25FN4O2. The lowest BCUT2D eigenvalue weighted by Crippen LogP contribution is -2.43. The van der Waals surface area contributed by atoms with Gasteiger partial charge in [0.2, 0.25) is 5.91 Å². The molecule has 3 N–H and O–H groups in total. The lowest BCUT2D eigenvalue weighted by atomic mass is 10.1. The highest BCUT2D eigenvalue weighted by Crippen LogP contribution is 2.12. The van der Waals surface area contributed by atoms with Crippen LogP contribution in [0.5, 0.6) is 0 Å². The summed E-state index contributed by atoms with van der Waals surface area (Å²) in [5, 5.41) is 8.93. The Kier molecular flexibility index (Phi) is 6.54. The average Bonchev–Trinajstić information content (AvgIpc) is 2.98. The van der Waals surface area contributed by atoms with Crippen molar-refractivity contribution in [1.29, 1.82) is 0 Å². The number of halogens is 1. The Morgan fingerprint density at radius 3 is 2.71 bits per heavy atom. The van der Waals surface area contributed by atoms with E-state index in [1.807, 2.05) is 13.8 Å². The van der Waals surface area contributed by atoms with Crippen molar-refractivity contribution >= 4 is 17.6 Å². The van der Waals surface area contributed by atoms with Crippen LogP contribution in [-0.2, 0) is 4.79 Å². The second-order valence-corrected chi connectivity index (χ2v) is 6.09. The summed E-state index contributed by atoms with van der Waals surface area (Å²) in [5.41, 5.74) is 0.580. The molecule has 2 rings (SSSR count). The molecule has 0 unspecified atom stereocenters. The van der Waals surface area contributed by atoms with Crippen LogP contribution in [0.3, 0.4) is 0 Å². The minimum Gasteiger partial charge on any atom is -0.338 e.